The summed E-state index contributed by atoms with van der Waals surface area (Å²) in [5.41, 5.74) is 3.78. The number of methoxy groups -OCH3 is 1. The SMILES string of the molecule is CCCNCc1ccc(-c2ccc(OC)cc2)cc1. The zero-order valence-electron chi connectivity index (χ0n) is 11.6. The second-order valence-corrected chi connectivity index (χ2v) is 4.60. The van der Waals surface area contributed by atoms with Crippen LogP contribution in [0.1, 0.15) is 18.9 Å². The van der Waals surface area contributed by atoms with Gasteiger partial charge in [-0.05, 0) is 41.8 Å². The highest BCUT2D eigenvalue weighted by Gasteiger charge is 1.99. The van der Waals surface area contributed by atoms with Gasteiger partial charge < -0.3 is 10.1 Å². The van der Waals surface area contributed by atoms with Crippen LogP contribution in [0.3, 0.4) is 0 Å². The molecule has 19 heavy (non-hydrogen) atoms. The van der Waals surface area contributed by atoms with Gasteiger partial charge in [-0.3, -0.25) is 0 Å². The predicted octanol–water partition coefficient (Wildman–Crippen LogP) is 3.86. The molecular weight excluding hydrogens is 234 g/mol. The zero-order chi connectivity index (χ0) is 13.5. The number of rotatable bonds is 6. The van der Waals surface area contributed by atoms with Crippen molar-refractivity contribution in [1.29, 1.82) is 0 Å². The molecule has 0 aliphatic heterocycles. The van der Waals surface area contributed by atoms with Gasteiger partial charge in [0.2, 0.25) is 0 Å². The maximum atomic E-state index is 5.17. The molecule has 0 bridgehead atoms. The Morgan fingerprint density at radius 3 is 2.00 bits per heavy atom. The van der Waals surface area contributed by atoms with Crippen molar-refractivity contribution >= 4 is 0 Å². The first-order chi connectivity index (χ1) is 9.33. The highest BCUT2D eigenvalue weighted by molar-refractivity contribution is 5.64. The molecule has 0 spiro atoms. The molecular formula is C17H21NO. The number of hydrogen-bond acceptors (Lipinski definition) is 2. The molecule has 0 saturated heterocycles. The van der Waals surface area contributed by atoms with E-state index < -0.39 is 0 Å². The van der Waals surface area contributed by atoms with Crippen molar-refractivity contribution in [2.45, 2.75) is 19.9 Å². The molecule has 0 aliphatic carbocycles. The smallest absolute Gasteiger partial charge is 0.118 e. The van der Waals surface area contributed by atoms with Crippen LogP contribution in [0.25, 0.3) is 11.1 Å². The van der Waals surface area contributed by atoms with Crippen molar-refractivity contribution in [1.82, 2.24) is 5.32 Å². The molecule has 2 aromatic rings. The summed E-state index contributed by atoms with van der Waals surface area (Å²) in [5, 5.41) is 3.41. The van der Waals surface area contributed by atoms with E-state index in [-0.39, 0.29) is 0 Å². The Balaban J connectivity index is 2.04. The van der Waals surface area contributed by atoms with E-state index in [1.54, 1.807) is 7.11 Å². The van der Waals surface area contributed by atoms with E-state index in [0.29, 0.717) is 0 Å². The summed E-state index contributed by atoms with van der Waals surface area (Å²) in [7, 11) is 1.69. The third-order valence-corrected chi connectivity index (χ3v) is 3.13. The lowest BCUT2D eigenvalue weighted by molar-refractivity contribution is 0.415. The summed E-state index contributed by atoms with van der Waals surface area (Å²) in [6.45, 7) is 4.19. The molecule has 0 heterocycles. The molecule has 0 fully saturated rings. The fourth-order valence-corrected chi connectivity index (χ4v) is 2.01. The molecule has 100 valence electrons. The maximum absolute atomic E-state index is 5.17. The van der Waals surface area contributed by atoms with Crippen LogP contribution >= 0.6 is 0 Å². The van der Waals surface area contributed by atoms with Crippen LogP contribution in [0.4, 0.5) is 0 Å². The van der Waals surface area contributed by atoms with Gasteiger partial charge in [0.05, 0.1) is 7.11 Å². The van der Waals surface area contributed by atoms with Gasteiger partial charge in [-0.15, -0.1) is 0 Å². The van der Waals surface area contributed by atoms with Gasteiger partial charge in [0, 0.05) is 6.54 Å². The summed E-state index contributed by atoms with van der Waals surface area (Å²) >= 11 is 0. The Hall–Kier alpha value is -1.80. The van der Waals surface area contributed by atoms with Gasteiger partial charge >= 0.3 is 0 Å². The second kappa shape index (κ2) is 6.95. The average molecular weight is 255 g/mol. The topological polar surface area (TPSA) is 21.3 Å². The van der Waals surface area contributed by atoms with Crippen LogP contribution in [0.2, 0.25) is 0 Å². The zero-order valence-corrected chi connectivity index (χ0v) is 11.6. The van der Waals surface area contributed by atoms with Gasteiger partial charge in [0.25, 0.3) is 0 Å². The maximum Gasteiger partial charge on any atom is 0.118 e. The molecule has 0 amide bonds. The molecule has 0 atom stereocenters. The normalized spacial score (nSPS) is 10.4. The molecule has 2 heteroatoms. The minimum absolute atomic E-state index is 0.893. The molecule has 2 rings (SSSR count). The number of benzene rings is 2. The van der Waals surface area contributed by atoms with Gasteiger partial charge in [-0.25, -0.2) is 0 Å². The van der Waals surface area contributed by atoms with E-state index in [1.165, 1.54) is 23.1 Å². The van der Waals surface area contributed by atoms with Crippen LogP contribution in [0.5, 0.6) is 5.75 Å². The van der Waals surface area contributed by atoms with E-state index in [0.717, 1.165) is 18.8 Å². The second-order valence-electron chi connectivity index (χ2n) is 4.60. The van der Waals surface area contributed by atoms with Crippen molar-refractivity contribution in [3.63, 3.8) is 0 Å². The predicted molar refractivity (Wildman–Crippen MR) is 80.4 cm³/mol. The van der Waals surface area contributed by atoms with Gasteiger partial charge in [-0.2, -0.15) is 0 Å². The fourth-order valence-electron chi connectivity index (χ4n) is 2.01. The Morgan fingerprint density at radius 2 is 1.47 bits per heavy atom. The molecule has 0 aliphatic rings. The van der Waals surface area contributed by atoms with Crippen LogP contribution in [0, 0.1) is 0 Å². The first-order valence-corrected chi connectivity index (χ1v) is 6.77. The van der Waals surface area contributed by atoms with Crippen molar-refractivity contribution < 1.29 is 4.74 Å². The monoisotopic (exact) mass is 255 g/mol. The molecule has 2 aromatic carbocycles. The van der Waals surface area contributed by atoms with E-state index in [4.69, 9.17) is 4.74 Å². The lowest BCUT2D eigenvalue weighted by atomic mass is 10.0. The largest absolute Gasteiger partial charge is 0.497 e. The Kier molecular flexibility index (Phi) is 4.99. The first kappa shape index (κ1) is 13.6. The first-order valence-electron chi connectivity index (χ1n) is 6.77. The third-order valence-electron chi connectivity index (χ3n) is 3.13. The van der Waals surface area contributed by atoms with E-state index in [9.17, 15) is 0 Å². The number of ether oxygens (including phenoxy) is 1. The minimum atomic E-state index is 0.893. The third kappa shape index (κ3) is 3.83. The molecule has 1 N–H and O–H groups in total. The lowest BCUT2D eigenvalue weighted by Crippen LogP contribution is -2.13. The van der Waals surface area contributed by atoms with Crippen LogP contribution < -0.4 is 10.1 Å². The summed E-state index contributed by atoms with van der Waals surface area (Å²) in [5.74, 6) is 0.893. The molecule has 0 unspecified atom stereocenters. The number of hydrogen-bond donors (Lipinski definition) is 1. The Labute approximate surface area is 115 Å². The lowest BCUT2D eigenvalue weighted by Gasteiger charge is -2.06. The van der Waals surface area contributed by atoms with E-state index in [2.05, 4.69) is 48.6 Å². The van der Waals surface area contributed by atoms with Crippen LogP contribution in [-0.2, 0) is 6.54 Å². The standard InChI is InChI=1S/C17H21NO/c1-3-12-18-13-14-4-6-15(7-5-14)16-8-10-17(19-2)11-9-16/h4-11,18H,3,12-13H2,1-2H3. The Morgan fingerprint density at radius 1 is 0.895 bits per heavy atom. The molecule has 0 radical (unpaired) electrons. The van der Waals surface area contributed by atoms with Crippen molar-refractivity contribution in [2.24, 2.45) is 0 Å². The van der Waals surface area contributed by atoms with Gasteiger partial charge in [0.1, 0.15) is 5.75 Å². The van der Waals surface area contributed by atoms with Crippen molar-refractivity contribution in [3.05, 3.63) is 54.1 Å². The fraction of sp³-hybridized carbons (Fsp3) is 0.294. The molecule has 2 nitrogen and oxygen atoms in total. The molecule has 0 aromatic heterocycles. The number of nitrogens with one attached hydrogen (secondary N) is 1. The van der Waals surface area contributed by atoms with Crippen LogP contribution in [-0.4, -0.2) is 13.7 Å². The van der Waals surface area contributed by atoms with E-state index in [1.807, 2.05) is 12.1 Å². The quantitative estimate of drug-likeness (QED) is 0.791. The highest BCUT2D eigenvalue weighted by atomic mass is 16.5. The summed E-state index contributed by atoms with van der Waals surface area (Å²) in [6, 6.07) is 16.9. The summed E-state index contributed by atoms with van der Waals surface area (Å²) in [6.07, 6.45) is 1.17. The summed E-state index contributed by atoms with van der Waals surface area (Å²) in [4.78, 5) is 0. The van der Waals surface area contributed by atoms with Crippen molar-refractivity contribution in [2.75, 3.05) is 13.7 Å². The van der Waals surface area contributed by atoms with Crippen molar-refractivity contribution in [3.8, 4) is 16.9 Å². The average Bonchev–Trinajstić information content (AvgIpc) is 2.48. The summed E-state index contributed by atoms with van der Waals surface area (Å²) < 4.78 is 5.17. The van der Waals surface area contributed by atoms with Gasteiger partial charge in [0.15, 0.2) is 0 Å². The van der Waals surface area contributed by atoms with E-state index >= 15 is 0 Å². The minimum Gasteiger partial charge on any atom is -0.497 e. The highest BCUT2D eigenvalue weighted by Crippen LogP contribution is 2.22. The van der Waals surface area contributed by atoms with Crippen LogP contribution in [0.15, 0.2) is 48.5 Å². The van der Waals surface area contributed by atoms with Gasteiger partial charge in [-0.1, -0.05) is 43.3 Å². The molecule has 0 saturated carbocycles. The Bertz CT molecular complexity index is 488.